The molecule has 0 N–H and O–H groups in total. The third-order valence-corrected chi connectivity index (χ3v) is 2.64. The molecule has 0 aliphatic heterocycles. The van der Waals surface area contributed by atoms with Crippen molar-refractivity contribution in [2.45, 2.75) is 0 Å². The lowest BCUT2D eigenvalue weighted by molar-refractivity contribution is 0.399. The van der Waals surface area contributed by atoms with E-state index in [4.69, 9.17) is 4.74 Å². The number of hydrogen-bond acceptors (Lipinski definition) is 3. The fraction of sp³-hybridized carbons (Fsp3) is 0.214. The van der Waals surface area contributed by atoms with Crippen LogP contribution in [0.5, 0.6) is 5.88 Å². The van der Waals surface area contributed by atoms with Crippen LogP contribution < -0.4 is 9.64 Å². The molecule has 0 aliphatic rings. The summed E-state index contributed by atoms with van der Waals surface area (Å²) in [7, 11) is 5.70. The van der Waals surface area contributed by atoms with Crippen LogP contribution in [0.1, 0.15) is 0 Å². The second kappa shape index (κ2) is 4.87. The number of nitrogens with zero attached hydrogens (tertiary/aromatic N) is 2. The Morgan fingerprint density at radius 2 is 1.94 bits per heavy atom. The number of rotatable bonds is 3. The van der Waals surface area contributed by atoms with E-state index in [9.17, 15) is 0 Å². The van der Waals surface area contributed by atoms with Crippen molar-refractivity contribution in [2.75, 3.05) is 26.1 Å². The van der Waals surface area contributed by atoms with Crippen molar-refractivity contribution in [2.24, 2.45) is 0 Å². The number of methoxy groups -OCH3 is 1. The Morgan fingerprint density at radius 1 is 1.12 bits per heavy atom. The molecule has 0 unspecified atom stereocenters. The summed E-state index contributed by atoms with van der Waals surface area (Å²) in [6.45, 7) is 0. The molecule has 0 bridgehead atoms. The van der Waals surface area contributed by atoms with Gasteiger partial charge in [-0.05, 0) is 29.8 Å². The Balaban J connectivity index is 2.49. The maximum absolute atomic E-state index is 5.28. The van der Waals surface area contributed by atoms with Crippen LogP contribution in [0.2, 0.25) is 0 Å². The molecule has 17 heavy (non-hydrogen) atoms. The number of ether oxygens (including phenoxy) is 1. The summed E-state index contributed by atoms with van der Waals surface area (Å²) in [6.07, 6.45) is 1.73. The summed E-state index contributed by atoms with van der Waals surface area (Å²) >= 11 is 0. The molecule has 0 saturated heterocycles. The lowest BCUT2D eigenvalue weighted by Gasteiger charge is -2.14. The smallest absolute Gasteiger partial charge is 0.221 e. The van der Waals surface area contributed by atoms with Crippen molar-refractivity contribution in [3.63, 3.8) is 0 Å². The number of anilines is 1. The van der Waals surface area contributed by atoms with E-state index >= 15 is 0 Å². The van der Waals surface area contributed by atoms with Crippen molar-refractivity contribution in [3.8, 4) is 17.0 Å². The first-order valence-electron chi connectivity index (χ1n) is 5.49. The monoisotopic (exact) mass is 228 g/mol. The van der Waals surface area contributed by atoms with Gasteiger partial charge in [0.1, 0.15) is 0 Å². The third-order valence-electron chi connectivity index (χ3n) is 2.64. The molecule has 1 aromatic carbocycles. The first-order chi connectivity index (χ1) is 8.22. The highest BCUT2D eigenvalue weighted by molar-refractivity contribution is 5.72. The molecule has 1 heterocycles. The van der Waals surface area contributed by atoms with Gasteiger partial charge >= 0.3 is 0 Å². The van der Waals surface area contributed by atoms with Gasteiger partial charge in [0, 0.05) is 31.5 Å². The van der Waals surface area contributed by atoms with Crippen LogP contribution >= 0.6 is 0 Å². The van der Waals surface area contributed by atoms with Crippen LogP contribution in [0.4, 0.5) is 5.69 Å². The highest BCUT2D eigenvalue weighted by Crippen LogP contribution is 2.29. The summed E-state index contributed by atoms with van der Waals surface area (Å²) < 4.78 is 5.28. The quantitative estimate of drug-likeness (QED) is 0.807. The lowest BCUT2D eigenvalue weighted by atomic mass is 10.1. The molecule has 3 heteroatoms. The van der Waals surface area contributed by atoms with Crippen LogP contribution in [-0.2, 0) is 0 Å². The Morgan fingerprint density at radius 3 is 2.65 bits per heavy atom. The predicted molar refractivity (Wildman–Crippen MR) is 70.6 cm³/mol. The maximum atomic E-state index is 5.28. The van der Waals surface area contributed by atoms with E-state index in [1.165, 1.54) is 0 Å². The number of hydrogen-bond donors (Lipinski definition) is 0. The standard InChI is InChI=1S/C14H16N2O/c1-16(2)12-7-4-6-11(10-12)13-8-5-9-15-14(13)17-3/h4-10H,1-3H3. The molecule has 2 aromatic rings. The molecular formula is C14H16N2O. The molecule has 0 aliphatic carbocycles. The summed E-state index contributed by atoms with van der Waals surface area (Å²) in [5, 5.41) is 0. The van der Waals surface area contributed by atoms with Gasteiger partial charge in [-0.25, -0.2) is 4.98 Å². The van der Waals surface area contributed by atoms with Gasteiger partial charge in [0.05, 0.1) is 7.11 Å². The van der Waals surface area contributed by atoms with Gasteiger partial charge in [0.15, 0.2) is 0 Å². The number of pyridine rings is 1. The number of benzene rings is 1. The predicted octanol–water partition coefficient (Wildman–Crippen LogP) is 2.82. The topological polar surface area (TPSA) is 25.4 Å². The van der Waals surface area contributed by atoms with Crippen molar-refractivity contribution in [1.29, 1.82) is 0 Å². The van der Waals surface area contributed by atoms with E-state index in [1.807, 2.05) is 32.3 Å². The molecule has 0 amide bonds. The molecule has 3 nitrogen and oxygen atoms in total. The zero-order valence-electron chi connectivity index (χ0n) is 10.3. The summed E-state index contributed by atoms with van der Waals surface area (Å²) in [4.78, 5) is 6.29. The van der Waals surface area contributed by atoms with Crippen molar-refractivity contribution in [1.82, 2.24) is 4.98 Å². The van der Waals surface area contributed by atoms with Crippen molar-refractivity contribution < 1.29 is 4.74 Å². The molecule has 1 aromatic heterocycles. The average Bonchev–Trinajstić information content (AvgIpc) is 2.39. The fourth-order valence-corrected chi connectivity index (χ4v) is 1.72. The Kier molecular flexibility index (Phi) is 3.28. The molecule has 0 saturated carbocycles. The van der Waals surface area contributed by atoms with E-state index in [2.05, 4.69) is 28.1 Å². The molecule has 0 fully saturated rings. The lowest BCUT2D eigenvalue weighted by Crippen LogP contribution is -2.08. The van der Waals surface area contributed by atoms with Gasteiger partial charge in [-0.1, -0.05) is 12.1 Å². The van der Waals surface area contributed by atoms with E-state index in [0.29, 0.717) is 5.88 Å². The second-order valence-corrected chi connectivity index (χ2v) is 4.00. The third kappa shape index (κ3) is 2.38. The Hall–Kier alpha value is -2.03. The molecule has 88 valence electrons. The normalized spacial score (nSPS) is 10.1. The van der Waals surface area contributed by atoms with Crippen LogP contribution in [0, 0.1) is 0 Å². The zero-order chi connectivity index (χ0) is 12.3. The molecule has 0 radical (unpaired) electrons. The van der Waals surface area contributed by atoms with Crippen molar-refractivity contribution >= 4 is 5.69 Å². The first-order valence-corrected chi connectivity index (χ1v) is 5.49. The van der Waals surface area contributed by atoms with Crippen LogP contribution in [0.25, 0.3) is 11.1 Å². The Labute approximate surface area is 102 Å². The fourth-order valence-electron chi connectivity index (χ4n) is 1.72. The van der Waals surface area contributed by atoms with Crippen LogP contribution in [0.15, 0.2) is 42.6 Å². The van der Waals surface area contributed by atoms with Gasteiger partial charge in [0.2, 0.25) is 5.88 Å². The van der Waals surface area contributed by atoms with E-state index in [1.54, 1.807) is 13.3 Å². The van der Waals surface area contributed by atoms with Gasteiger partial charge in [-0.3, -0.25) is 0 Å². The first kappa shape index (κ1) is 11.5. The average molecular weight is 228 g/mol. The van der Waals surface area contributed by atoms with Gasteiger partial charge in [-0.2, -0.15) is 0 Å². The van der Waals surface area contributed by atoms with Gasteiger partial charge in [-0.15, -0.1) is 0 Å². The van der Waals surface area contributed by atoms with Gasteiger partial charge in [0.25, 0.3) is 0 Å². The highest BCUT2D eigenvalue weighted by atomic mass is 16.5. The van der Waals surface area contributed by atoms with E-state index in [0.717, 1.165) is 16.8 Å². The summed E-state index contributed by atoms with van der Waals surface area (Å²) in [5.74, 6) is 0.656. The minimum atomic E-state index is 0.656. The molecular weight excluding hydrogens is 212 g/mol. The summed E-state index contributed by atoms with van der Waals surface area (Å²) in [5.41, 5.74) is 3.29. The highest BCUT2D eigenvalue weighted by Gasteiger charge is 2.06. The van der Waals surface area contributed by atoms with Crippen molar-refractivity contribution in [3.05, 3.63) is 42.6 Å². The van der Waals surface area contributed by atoms with Gasteiger partial charge < -0.3 is 9.64 Å². The Bertz CT molecular complexity index is 509. The molecule has 0 spiro atoms. The maximum Gasteiger partial charge on any atom is 0.221 e. The minimum absolute atomic E-state index is 0.656. The second-order valence-electron chi connectivity index (χ2n) is 4.00. The summed E-state index contributed by atoms with van der Waals surface area (Å²) in [6, 6.07) is 12.2. The van der Waals surface area contributed by atoms with E-state index < -0.39 is 0 Å². The van der Waals surface area contributed by atoms with E-state index in [-0.39, 0.29) is 0 Å². The van der Waals surface area contributed by atoms with Crippen LogP contribution in [0.3, 0.4) is 0 Å². The van der Waals surface area contributed by atoms with Crippen LogP contribution in [-0.4, -0.2) is 26.2 Å². The number of aromatic nitrogens is 1. The minimum Gasteiger partial charge on any atom is -0.481 e. The molecule has 0 atom stereocenters. The molecule has 2 rings (SSSR count). The largest absolute Gasteiger partial charge is 0.481 e. The zero-order valence-corrected chi connectivity index (χ0v) is 10.3. The SMILES string of the molecule is COc1ncccc1-c1cccc(N(C)C)c1.